The fourth-order valence-corrected chi connectivity index (χ4v) is 5.52. The van der Waals surface area contributed by atoms with E-state index in [-0.39, 0.29) is 5.91 Å². The molecule has 7 rings (SSSR count). The van der Waals surface area contributed by atoms with Gasteiger partial charge in [-0.15, -0.1) is 0 Å². The van der Waals surface area contributed by atoms with Crippen molar-refractivity contribution in [3.8, 4) is 28.6 Å². The molecule has 0 bridgehead atoms. The highest BCUT2D eigenvalue weighted by atomic mass is 16.6. The first-order chi connectivity index (χ1) is 19.6. The fraction of sp³-hybridized carbons (Fsp3) is 0.212. The maximum atomic E-state index is 13.8. The number of amides is 1. The maximum Gasteiger partial charge on any atom is 0.274 e. The summed E-state index contributed by atoms with van der Waals surface area (Å²) in [4.78, 5) is 22.9. The van der Waals surface area contributed by atoms with Crippen LogP contribution >= 0.6 is 0 Å². The number of carbonyl (C=O) groups is 1. The van der Waals surface area contributed by atoms with Gasteiger partial charge in [0.1, 0.15) is 24.7 Å². The number of carbonyl (C=O) groups excluding carboxylic acids is 1. The van der Waals surface area contributed by atoms with Crippen molar-refractivity contribution >= 4 is 22.4 Å². The predicted octanol–water partition coefficient (Wildman–Crippen LogP) is 5.73. The van der Waals surface area contributed by atoms with Crippen LogP contribution in [0.5, 0.6) is 11.5 Å². The third-order valence-electron chi connectivity index (χ3n) is 7.70. The highest BCUT2D eigenvalue weighted by Crippen LogP contribution is 2.38. The van der Waals surface area contributed by atoms with E-state index in [0.29, 0.717) is 49.3 Å². The van der Waals surface area contributed by atoms with Gasteiger partial charge in [0.2, 0.25) is 0 Å². The fourth-order valence-electron chi connectivity index (χ4n) is 5.52. The second-order valence-corrected chi connectivity index (χ2v) is 10.3. The Hall–Kier alpha value is -4.78. The molecule has 0 atom stereocenters. The van der Waals surface area contributed by atoms with E-state index in [1.165, 1.54) is 16.5 Å². The smallest absolute Gasteiger partial charge is 0.274 e. The Morgan fingerprint density at radius 3 is 2.40 bits per heavy atom. The Morgan fingerprint density at radius 2 is 1.57 bits per heavy atom. The Morgan fingerprint density at radius 1 is 0.800 bits per heavy atom. The lowest BCUT2D eigenvalue weighted by atomic mass is 10.1. The number of anilines is 1. The van der Waals surface area contributed by atoms with Crippen molar-refractivity contribution in [2.75, 3.05) is 44.3 Å². The van der Waals surface area contributed by atoms with Crippen molar-refractivity contribution in [3.63, 3.8) is 0 Å². The van der Waals surface area contributed by atoms with Crippen molar-refractivity contribution in [2.45, 2.75) is 6.92 Å². The minimum absolute atomic E-state index is 0.0627. The van der Waals surface area contributed by atoms with Gasteiger partial charge >= 0.3 is 0 Å². The van der Waals surface area contributed by atoms with Gasteiger partial charge in [-0.05, 0) is 42.0 Å². The van der Waals surface area contributed by atoms with Crippen LogP contribution in [0.1, 0.15) is 16.1 Å². The molecule has 1 fully saturated rings. The number of ether oxygens (including phenoxy) is 2. The van der Waals surface area contributed by atoms with Crippen LogP contribution in [0.3, 0.4) is 0 Å². The molecule has 1 aromatic heterocycles. The number of hydrogen-bond acceptors (Lipinski definition) is 5. The monoisotopic (exact) mass is 530 g/mol. The van der Waals surface area contributed by atoms with Gasteiger partial charge in [0, 0.05) is 43.6 Å². The lowest BCUT2D eigenvalue weighted by Gasteiger charge is -2.36. The third kappa shape index (κ3) is 4.43. The van der Waals surface area contributed by atoms with Gasteiger partial charge in [0.15, 0.2) is 11.5 Å². The van der Waals surface area contributed by atoms with E-state index in [1.807, 2.05) is 46.0 Å². The van der Waals surface area contributed by atoms with Crippen molar-refractivity contribution in [1.29, 1.82) is 0 Å². The third-order valence-corrected chi connectivity index (χ3v) is 7.70. The summed E-state index contributed by atoms with van der Waals surface area (Å²) in [6.07, 6.45) is 1.83. The summed E-state index contributed by atoms with van der Waals surface area (Å²) in [7, 11) is 0. The number of benzene rings is 4. The van der Waals surface area contributed by atoms with E-state index in [1.54, 1.807) is 0 Å². The van der Waals surface area contributed by atoms with Crippen molar-refractivity contribution < 1.29 is 14.3 Å². The SMILES string of the molecule is Cc1ccc(-c2nc(C(=O)N3CCN(c4ccc5ccccc5c4)CC3)cn2-c2cccc3c2OCCO3)cc1. The summed E-state index contributed by atoms with van der Waals surface area (Å²) in [5, 5.41) is 2.46. The number of para-hydroxylation sites is 1. The van der Waals surface area contributed by atoms with Crippen molar-refractivity contribution in [2.24, 2.45) is 0 Å². The van der Waals surface area contributed by atoms with Gasteiger partial charge in [-0.3, -0.25) is 9.36 Å². The van der Waals surface area contributed by atoms with Crippen LogP contribution in [0, 0.1) is 6.92 Å². The van der Waals surface area contributed by atoms with E-state index in [2.05, 4.69) is 66.4 Å². The van der Waals surface area contributed by atoms with Crippen LogP contribution in [-0.2, 0) is 0 Å². The molecule has 0 spiro atoms. The molecule has 5 aromatic rings. The minimum atomic E-state index is -0.0627. The normalized spacial score (nSPS) is 14.9. The van der Waals surface area contributed by atoms with E-state index >= 15 is 0 Å². The Kier molecular flexibility index (Phi) is 6.11. The van der Waals surface area contributed by atoms with Crippen LogP contribution in [0.2, 0.25) is 0 Å². The molecule has 7 nitrogen and oxygen atoms in total. The zero-order valence-electron chi connectivity index (χ0n) is 22.4. The molecular formula is C33H30N4O3. The van der Waals surface area contributed by atoms with Crippen LogP contribution < -0.4 is 14.4 Å². The van der Waals surface area contributed by atoms with Gasteiger partial charge < -0.3 is 19.3 Å². The standard InChI is InChI=1S/C33H30N4O3/c1-23-9-11-25(12-10-23)32-34-28(22-37(32)29-7-4-8-30-31(29)40-20-19-39-30)33(38)36-17-15-35(16-18-36)27-14-13-24-5-2-3-6-26(24)21-27/h2-14,21-22H,15-20H2,1H3. The average Bonchev–Trinajstić information content (AvgIpc) is 3.46. The molecule has 2 aliphatic heterocycles. The van der Waals surface area contributed by atoms with Crippen LogP contribution in [0.15, 0.2) is 91.1 Å². The van der Waals surface area contributed by atoms with Gasteiger partial charge in [-0.25, -0.2) is 4.98 Å². The summed E-state index contributed by atoms with van der Waals surface area (Å²) < 4.78 is 13.8. The Balaban J connectivity index is 1.17. The summed E-state index contributed by atoms with van der Waals surface area (Å²) in [5.41, 5.74) is 4.51. The van der Waals surface area contributed by atoms with Gasteiger partial charge in [0.25, 0.3) is 5.91 Å². The lowest BCUT2D eigenvalue weighted by Crippen LogP contribution is -2.48. The molecule has 4 aromatic carbocycles. The van der Waals surface area contributed by atoms with Gasteiger partial charge in [0.05, 0.1) is 5.69 Å². The Bertz CT molecular complexity index is 1700. The second kappa shape index (κ2) is 10.1. The Labute approximate surface area is 233 Å². The van der Waals surface area contributed by atoms with Crippen LogP contribution in [0.25, 0.3) is 27.8 Å². The summed E-state index contributed by atoms with van der Waals surface area (Å²) in [6, 6.07) is 29.0. The van der Waals surface area contributed by atoms with E-state index in [4.69, 9.17) is 14.5 Å². The van der Waals surface area contributed by atoms with Gasteiger partial charge in [-0.1, -0.05) is 66.2 Å². The molecule has 0 N–H and O–H groups in total. The first kappa shape index (κ1) is 24.3. The first-order valence-corrected chi connectivity index (χ1v) is 13.7. The van der Waals surface area contributed by atoms with E-state index < -0.39 is 0 Å². The molecule has 1 amide bonds. The van der Waals surface area contributed by atoms with Crippen LogP contribution in [0.4, 0.5) is 5.69 Å². The minimum Gasteiger partial charge on any atom is -0.486 e. The molecule has 200 valence electrons. The molecule has 1 saturated heterocycles. The molecule has 40 heavy (non-hydrogen) atoms. The summed E-state index contributed by atoms with van der Waals surface area (Å²) in [5.74, 6) is 2.00. The summed E-state index contributed by atoms with van der Waals surface area (Å²) >= 11 is 0. The molecule has 0 radical (unpaired) electrons. The number of aromatic nitrogens is 2. The number of imidazole rings is 1. The van der Waals surface area contributed by atoms with Crippen molar-refractivity contribution in [3.05, 3.63) is 102 Å². The maximum absolute atomic E-state index is 13.8. The second-order valence-electron chi connectivity index (χ2n) is 10.3. The number of nitrogens with zero attached hydrogens (tertiary/aromatic N) is 4. The first-order valence-electron chi connectivity index (χ1n) is 13.7. The molecule has 7 heteroatoms. The number of aryl methyl sites for hydroxylation is 1. The molecule has 0 unspecified atom stereocenters. The number of fused-ring (bicyclic) bond motifs is 2. The van der Waals surface area contributed by atoms with E-state index in [0.717, 1.165) is 29.9 Å². The quantitative estimate of drug-likeness (QED) is 0.297. The zero-order chi connectivity index (χ0) is 27.1. The van der Waals surface area contributed by atoms with Gasteiger partial charge in [-0.2, -0.15) is 0 Å². The number of hydrogen-bond donors (Lipinski definition) is 0. The largest absolute Gasteiger partial charge is 0.486 e. The molecule has 0 aliphatic carbocycles. The number of rotatable bonds is 4. The van der Waals surface area contributed by atoms with Crippen molar-refractivity contribution in [1.82, 2.24) is 14.5 Å². The molecule has 3 heterocycles. The number of piperazine rings is 1. The van der Waals surface area contributed by atoms with Crippen LogP contribution in [-0.4, -0.2) is 59.8 Å². The molecule has 2 aliphatic rings. The average molecular weight is 531 g/mol. The topological polar surface area (TPSA) is 59.8 Å². The highest BCUT2D eigenvalue weighted by Gasteiger charge is 2.27. The summed E-state index contributed by atoms with van der Waals surface area (Å²) in [6.45, 7) is 5.86. The van der Waals surface area contributed by atoms with E-state index in [9.17, 15) is 4.79 Å². The molecule has 0 saturated carbocycles. The zero-order valence-corrected chi connectivity index (χ0v) is 22.4. The predicted molar refractivity (Wildman–Crippen MR) is 157 cm³/mol. The lowest BCUT2D eigenvalue weighted by molar-refractivity contribution is 0.0741. The molecular weight excluding hydrogens is 500 g/mol. The highest BCUT2D eigenvalue weighted by molar-refractivity contribution is 5.93.